The van der Waals surface area contributed by atoms with E-state index >= 15 is 0 Å². The highest BCUT2D eigenvalue weighted by Gasteiger charge is 2.41. The van der Waals surface area contributed by atoms with Crippen molar-refractivity contribution in [2.45, 2.75) is 38.1 Å². The van der Waals surface area contributed by atoms with Gasteiger partial charge in [0.1, 0.15) is 11.6 Å². The summed E-state index contributed by atoms with van der Waals surface area (Å²) < 4.78 is 26.8. The minimum atomic E-state index is -0.521. The minimum absolute atomic E-state index is 0.0317. The van der Waals surface area contributed by atoms with Gasteiger partial charge in [-0.3, -0.25) is 4.90 Å². The van der Waals surface area contributed by atoms with E-state index in [9.17, 15) is 13.9 Å². The molecule has 1 saturated heterocycles. The van der Waals surface area contributed by atoms with Gasteiger partial charge in [-0.1, -0.05) is 6.42 Å². The normalized spacial score (nSPS) is 25.6. The summed E-state index contributed by atoms with van der Waals surface area (Å²) in [6, 6.07) is 3.79. The summed E-state index contributed by atoms with van der Waals surface area (Å²) >= 11 is 0. The Kier molecular flexibility index (Phi) is 3.78. The number of hydrogen-bond donors (Lipinski definition) is 1. The number of nitrogens with zero attached hydrogens (tertiary/aromatic N) is 1. The second-order valence-electron chi connectivity index (χ2n) is 6.10. The van der Waals surface area contributed by atoms with Crippen molar-refractivity contribution in [1.82, 2.24) is 4.90 Å². The molecule has 0 unspecified atom stereocenters. The highest BCUT2D eigenvalue weighted by atomic mass is 19.1. The van der Waals surface area contributed by atoms with Crippen LogP contribution < -0.4 is 0 Å². The second kappa shape index (κ2) is 5.41. The van der Waals surface area contributed by atoms with E-state index in [1.54, 1.807) is 0 Å². The van der Waals surface area contributed by atoms with E-state index in [0.29, 0.717) is 5.56 Å². The van der Waals surface area contributed by atoms with Gasteiger partial charge in [0.2, 0.25) is 0 Å². The lowest BCUT2D eigenvalue weighted by Gasteiger charge is -2.44. The molecule has 20 heavy (non-hydrogen) atoms. The van der Waals surface area contributed by atoms with E-state index in [1.807, 2.05) is 0 Å². The molecular weight excluding hydrogens is 260 g/mol. The molecule has 2 aliphatic rings. The van der Waals surface area contributed by atoms with Gasteiger partial charge in [0.05, 0.1) is 6.61 Å². The Bertz CT molecular complexity index is 462. The summed E-state index contributed by atoms with van der Waals surface area (Å²) in [6.45, 7) is 3.18. The van der Waals surface area contributed by atoms with Gasteiger partial charge in [0.25, 0.3) is 0 Å². The molecule has 1 atom stereocenters. The van der Waals surface area contributed by atoms with E-state index < -0.39 is 11.6 Å². The van der Waals surface area contributed by atoms with Crippen molar-refractivity contribution in [3.05, 3.63) is 41.9 Å². The third-order valence-electron chi connectivity index (χ3n) is 4.67. The standard InChI is InChI=1S/C16H20F2NO/c17-13-7-12(8-14(18)9-13)15-3-1-6-19(15)10-16(11-20)4-2-5-16/h7-10,15,20H,1-6,11H2/t15-/m1/s1. The molecule has 3 rings (SSSR count). The van der Waals surface area contributed by atoms with Crippen LogP contribution in [0.15, 0.2) is 18.2 Å². The Morgan fingerprint density at radius 2 is 1.90 bits per heavy atom. The lowest BCUT2D eigenvalue weighted by atomic mass is 9.69. The van der Waals surface area contributed by atoms with Crippen molar-refractivity contribution in [1.29, 1.82) is 0 Å². The number of hydrogen-bond acceptors (Lipinski definition) is 2. The number of likely N-dealkylation sites (tertiary alicyclic amines) is 1. The number of aliphatic hydroxyl groups excluding tert-OH is 1. The monoisotopic (exact) mass is 280 g/mol. The molecule has 1 saturated carbocycles. The molecule has 1 heterocycles. The fraction of sp³-hybridized carbons (Fsp3) is 0.562. The van der Waals surface area contributed by atoms with Crippen molar-refractivity contribution in [2.24, 2.45) is 5.41 Å². The van der Waals surface area contributed by atoms with Crippen LogP contribution in [0.5, 0.6) is 0 Å². The number of rotatable bonds is 4. The zero-order chi connectivity index (χ0) is 14.2. The topological polar surface area (TPSA) is 23.5 Å². The lowest BCUT2D eigenvalue weighted by Crippen LogP contribution is -2.40. The molecule has 0 amide bonds. The summed E-state index contributed by atoms with van der Waals surface area (Å²) in [7, 11) is 0. The first-order valence-corrected chi connectivity index (χ1v) is 7.31. The first-order chi connectivity index (χ1) is 9.62. The van der Waals surface area contributed by atoms with Crippen molar-refractivity contribution >= 4 is 0 Å². The van der Waals surface area contributed by atoms with E-state index in [0.717, 1.165) is 44.7 Å². The molecular formula is C16H20F2NO. The highest BCUT2D eigenvalue weighted by molar-refractivity contribution is 5.23. The second-order valence-corrected chi connectivity index (χ2v) is 6.10. The Labute approximate surface area is 118 Å². The van der Waals surface area contributed by atoms with Crippen LogP contribution >= 0.6 is 0 Å². The molecule has 109 valence electrons. The SMILES string of the molecule is OCC1([CH]N2CCC[C@@H]2c2cc(F)cc(F)c2)CCC1. The molecule has 1 radical (unpaired) electrons. The summed E-state index contributed by atoms with van der Waals surface area (Å²) in [5, 5.41) is 9.56. The molecule has 0 aromatic heterocycles. The van der Waals surface area contributed by atoms with Crippen molar-refractivity contribution in [3.8, 4) is 0 Å². The van der Waals surface area contributed by atoms with Crippen molar-refractivity contribution in [3.63, 3.8) is 0 Å². The quantitative estimate of drug-likeness (QED) is 0.913. The van der Waals surface area contributed by atoms with E-state index in [4.69, 9.17) is 0 Å². The maximum absolute atomic E-state index is 13.4. The molecule has 0 spiro atoms. The van der Waals surface area contributed by atoms with Gasteiger partial charge in [-0.2, -0.15) is 0 Å². The number of halogens is 2. The average Bonchev–Trinajstić information content (AvgIpc) is 2.80. The summed E-state index contributed by atoms with van der Waals surface area (Å²) in [5.74, 6) is -1.04. The van der Waals surface area contributed by atoms with E-state index in [2.05, 4.69) is 11.4 Å². The Balaban J connectivity index is 1.78. The number of aliphatic hydroxyl groups is 1. The molecule has 1 aliphatic heterocycles. The van der Waals surface area contributed by atoms with E-state index in [-0.39, 0.29) is 18.1 Å². The van der Waals surface area contributed by atoms with Gasteiger partial charge >= 0.3 is 0 Å². The Hall–Kier alpha value is -1.00. The maximum Gasteiger partial charge on any atom is 0.126 e. The number of benzene rings is 1. The van der Waals surface area contributed by atoms with Gasteiger partial charge in [0, 0.05) is 24.1 Å². The van der Waals surface area contributed by atoms with Crippen LogP contribution in [0.2, 0.25) is 0 Å². The predicted molar refractivity (Wildman–Crippen MR) is 72.7 cm³/mol. The molecule has 1 aromatic carbocycles. The lowest BCUT2D eigenvalue weighted by molar-refractivity contribution is 0.0403. The summed E-state index contributed by atoms with van der Waals surface area (Å²) in [6.07, 6.45) is 5.07. The molecule has 1 aliphatic carbocycles. The largest absolute Gasteiger partial charge is 0.396 e. The van der Waals surface area contributed by atoms with Crippen LogP contribution in [-0.4, -0.2) is 23.2 Å². The van der Waals surface area contributed by atoms with Crippen LogP contribution in [0.3, 0.4) is 0 Å². The summed E-state index contributed by atoms with van der Waals surface area (Å²) in [5.41, 5.74) is 0.595. The fourth-order valence-electron chi connectivity index (χ4n) is 3.38. The third-order valence-corrected chi connectivity index (χ3v) is 4.67. The fourth-order valence-corrected chi connectivity index (χ4v) is 3.38. The Morgan fingerprint density at radius 1 is 1.20 bits per heavy atom. The van der Waals surface area contributed by atoms with Gasteiger partial charge in [-0.15, -0.1) is 0 Å². The van der Waals surface area contributed by atoms with Crippen LogP contribution in [-0.2, 0) is 0 Å². The van der Waals surface area contributed by atoms with Gasteiger partial charge in [-0.05, 0) is 49.9 Å². The highest BCUT2D eigenvalue weighted by Crippen LogP contribution is 2.47. The summed E-state index contributed by atoms with van der Waals surface area (Å²) in [4.78, 5) is 2.17. The van der Waals surface area contributed by atoms with E-state index in [1.165, 1.54) is 12.1 Å². The maximum atomic E-state index is 13.4. The zero-order valence-corrected chi connectivity index (χ0v) is 11.5. The van der Waals surface area contributed by atoms with Gasteiger partial charge < -0.3 is 5.11 Å². The van der Waals surface area contributed by atoms with Crippen molar-refractivity contribution < 1.29 is 13.9 Å². The van der Waals surface area contributed by atoms with Crippen LogP contribution in [0, 0.1) is 23.6 Å². The van der Waals surface area contributed by atoms with Crippen LogP contribution in [0.1, 0.15) is 43.7 Å². The molecule has 2 fully saturated rings. The molecule has 1 aromatic rings. The van der Waals surface area contributed by atoms with Crippen LogP contribution in [0.4, 0.5) is 8.78 Å². The molecule has 0 bridgehead atoms. The first kappa shape index (κ1) is 14.0. The van der Waals surface area contributed by atoms with Crippen LogP contribution in [0.25, 0.3) is 0 Å². The minimum Gasteiger partial charge on any atom is -0.396 e. The smallest absolute Gasteiger partial charge is 0.126 e. The molecule has 1 N–H and O–H groups in total. The molecule has 4 heteroatoms. The molecule has 2 nitrogen and oxygen atoms in total. The first-order valence-electron chi connectivity index (χ1n) is 7.31. The Morgan fingerprint density at radius 3 is 2.45 bits per heavy atom. The zero-order valence-electron chi connectivity index (χ0n) is 11.5. The van der Waals surface area contributed by atoms with Gasteiger partial charge in [-0.25, -0.2) is 8.78 Å². The van der Waals surface area contributed by atoms with Crippen molar-refractivity contribution in [2.75, 3.05) is 13.2 Å². The average molecular weight is 280 g/mol. The third kappa shape index (κ3) is 2.59. The van der Waals surface area contributed by atoms with Gasteiger partial charge in [0.15, 0.2) is 0 Å². The predicted octanol–water partition coefficient (Wildman–Crippen LogP) is 3.43.